The summed E-state index contributed by atoms with van der Waals surface area (Å²) < 4.78 is 0. The predicted molar refractivity (Wildman–Crippen MR) is 99.4 cm³/mol. The molecule has 1 atom stereocenters. The summed E-state index contributed by atoms with van der Waals surface area (Å²) in [7, 11) is 1.85. The van der Waals surface area contributed by atoms with Crippen LogP contribution in [0.5, 0.6) is 0 Å². The van der Waals surface area contributed by atoms with Crippen molar-refractivity contribution in [3.63, 3.8) is 0 Å². The minimum Gasteiger partial charge on any atom is -0.373 e. The molecule has 132 valence electrons. The van der Waals surface area contributed by atoms with Gasteiger partial charge in [0.05, 0.1) is 5.54 Å². The van der Waals surface area contributed by atoms with Crippen molar-refractivity contribution < 1.29 is 4.79 Å². The molecule has 2 aromatic rings. The highest BCUT2D eigenvalue weighted by Crippen LogP contribution is 2.37. The molecule has 3 rings (SSSR count). The summed E-state index contributed by atoms with van der Waals surface area (Å²) in [5.41, 5.74) is 1.69. The van der Waals surface area contributed by atoms with Crippen LogP contribution >= 0.6 is 0 Å². The number of amides is 1. The number of nitrogens with one attached hydrogen (secondary N) is 1. The van der Waals surface area contributed by atoms with Gasteiger partial charge in [-0.25, -0.2) is 9.97 Å². The molecule has 1 fully saturated rings. The molecule has 1 aromatic heterocycles. The van der Waals surface area contributed by atoms with E-state index in [1.54, 1.807) is 0 Å². The predicted octanol–water partition coefficient (Wildman–Crippen LogP) is 3.30. The maximum absolute atomic E-state index is 12.9. The number of nitrogens with zero attached hydrogens (tertiary/aromatic N) is 3. The fourth-order valence-corrected chi connectivity index (χ4v) is 3.56. The van der Waals surface area contributed by atoms with Gasteiger partial charge in [-0.1, -0.05) is 30.3 Å². The van der Waals surface area contributed by atoms with Crippen molar-refractivity contribution in [3.05, 3.63) is 53.5 Å². The summed E-state index contributed by atoms with van der Waals surface area (Å²) in [6, 6.07) is 12.1. The van der Waals surface area contributed by atoms with Crippen LogP contribution in [0.1, 0.15) is 43.3 Å². The van der Waals surface area contributed by atoms with E-state index in [9.17, 15) is 4.79 Å². The zero-order valence-corrected chi connectivity index (χ0v) is 15.2. The maximum atomic E-state index is 12.9. The minimum atomic E-state index is -0.425. The third-order valence-electron chi connectivity index (χ3n) is 5.00. The first-order chi connectivity index (χ1) is 12.0. The van der Waals surface area contributed by atoms with E-state index in [1.807, 2.05) is 43.1 Å². The van der Waals surface area contributed by atoms with Crippen molar-refractivity contribution in [1.82, 2.24) is 14.9 Å². The van der Waals surface area contributed by atoms with Gasteiger partial charge >= 0.3 is 0 Å². The van der Waals surface area contributed by atoms with Gasteiger partial charge in [0, 0.05) is 31.8 Å². The van der Waals surface area contributed by atoms with E-state index in [4.69, 9.17) is 0 Å². The molecule has 5 heteroatoms. The molecule has 1 aliphatic rings. The van der Waals surface area contributed by atoms with Crippen LogP contribution in [-0.4, -0.2) is 34.4 Å². The Morgan fingerprint density at radius 1 is 1.28 bits per heavy atom. The Balaban J connectivity index is 1.79. The highest BCUT2D eigenvalue weighted by molar-refractivity contribution is 5.77. The second kappa shape index (κ2) is 7.21. The molecule has 25 heavy (non-hydrogen) atoms. The first-order valence-electron chi connectivity index (χ1n) is 8.91. The van der Waals surface area contributed by atoms with Crippen LogP contribution in [-0.2, 0) is 16.8 Å². The summed E-state index contributed by atoms with van der Waals surface area (Å²) in [6.45, 7) is 4.83. The highest BCUT2D eigenvalue weighted by atomic mass is 16.2. The van der Waals surface area contributed by atoms with E-state index in [-0.39, 0.29) is 5.91 Å². The zero-order chi connectivity index (χ0) is 17.9. The number of likely N-dealkylation sites (tertiary alicyclic amines) is 1. The Morgan fingerprint density at radius 3 is 2.76 bits per heavy atom. The molecule has 1 amide bonds. The summed E-state index contributed by atoms with van der Waals surface area (Å²) >= 11 is 0. The van der Waals surface area contributed by atoms with Gasteiger partial charge < -0.3 is 10.2 Å². The largest absolute Gasteiger partial charge is 0.373 e. The summed E-state index contributed by atoms with van der Waals surface area (Å²) in [4.78, 5) is 24.2. The molecule has 0 unspecified atom stereocenters. The van der Waals surface area contributed by atoms with Gasteiger partial charge in [0.15, 0.2) is 5.82 Å². The molecule has 1 aliphatic heterocycles. The average molecular weight is 338 g/mol. The van der Waals surface area contributed by atoms with Gasteiger partial charge in [0.2, 0.25) is 5.91 Å². The number of rotatable bonds is 5. The molecule has 2 heterocycles. The van der Waals surface area contributed by atoms with Crippen LogP contribution in [0.3, 0.4) is 0 Å². The number of anilines is 1. The Labute approximate surface area is 149 Å². The van der Waals surface area contributed by atoms with Crippen molar-refractivity contribution in [2.45, 2.75) is 45.1 Å². The topological polar surface area (TPSA) is 58.1 Å². The lowest BCUT2D eigenvalue weighted by Gasteiger charge is -2.34. The van der Waals surface area contributed by atoms with E-state index in [2.05, 4.69) is 34.3 Å². The van der Waals surface area contributed by atoms with E-state index in [0.717, 1.165) is 43.1 Å². The fraction of sp³-hybridized carbons (Fsp3) is 0.450. The zero-order valence-electron chi connectivity index (χ0n) is 15.2. The lowest BCUT2D eigenvalue weighted by atomic mass is 9.96. The molecule has 1 saturated heterocycles. The van der Waals surface area contributed by atoms with Crippen LogP contribution in [0.2, 0.25) is 0 Å². The first-order valence-corrected chi connectivity index (χ1v) is 8.91. The second-order valence-corrected chi connectivity index (χ2v) is 6.88. The summed E-state index contributed by atoms with van der Waals surface area (Å²) in [5, 5.41) is 3.09. The van der Waals surface area contributed by atoms with Crippen LogP contribution in [0, 0.1) is 6.92 Å². The van der Waals surface area contributed by atoms with E-state index in [0.29, 0.717) is 6.42 Å². The summed E-state index contributed by atoms with van der Waals surface area (Å²) in [5.74, 6) is 1.72. The standard InChI is InChI=1S/C20H26N4O/c1-15-14-17(21-3)23-19(22-15)20(2)12-7-13-24(20)18(25)11-10-16-8-5-4-6-9-16/h4-6,8-9,14H,7,10-13H2,1-3H3,(H,21,22,23)/t20-/m1/s1. The molecule has 5 nitrogen and oxygen atoms in total. The third kappa shape index (κ3) is 3.65. The Morgan fingerprint density at radius 2 is 2.04 bits per heavy atom. The maximum Gasteiger partial charge on any atom is 0.223 e. The van der Waals surface area contributed by atoms with Crippen LogP contribution in [0.4, 0.5) is 5.82 Å². The number of hydrogen-bond acceptors (Lipinski definition) is 4. The Hall–Kier alpha value is -2.43. The molecular weight excluding hydrogens is 312 g/mol. The molecule has 0 aliphatic carbocycles. The highest BCUT2D eigenvalue weighted by Gasteiger charge is 2.43. The number of carbonyl (C=O) groups excluding carboxylic acids is 1. The lowest BCUT2D eigenvalue weighted by Crippen LogP contribution is -2.44. The van der Waals surface area contributed by atoms with Gasteiger partial charge in [-0.2, -0.15) is 0 Å². The molecule has 1 aromatic carbocycles. The van der Waals surface area contributed by atoms with E-state index >= 15 is 0 Å². The van der Waals surface area contributed by atoms with Crippen molar-refractivity contribution in [1.29, 1.82) is 0 Å². The van der Waals surface area contributed by atoms with Gasteiger partial charge in [-0.05, 0) is 38.7 Å². The quantitative estimate of drug-likeness (QED) is 0.909. The van der Waals surface area contributed by atoms with E-state index < -0.39 is 5.54 Å². The Kier molecular flexibility index (Phi) is 5.02. The van der Waals surface area contributed by atoms with E-state index in [1.165, 1.54) is 5.56 Å². The smallest absolute Gasteiger partial charge is 0.223 e. The first kappa shape index (κ1) is 17.4. The number of benzene rings is 1. The normalized spacial score (nSPS) is 19.9. The minimum absolute atomic E-state index is 0.181. The molecule has 0 saturated carbocycles. The van der Waals surface area contributed by atoms with Crippen molar-refractivity contribution in [2.75, 3.05) is 18.9 Å². The van der Waals surface area contributed by atoms with Gasteiger partial charge in [0.25, 0.3) is 0 Å². The van der Waals surface area contributed by atoms with Gasteiger partial charge in [0.1, 0.15) is 5.82 Å². The van der Waals surface area contributed by atoms with Crippen LogP contribution < -0.4 is 5.32 Å². The van der Waals surface area contributed by atoms with Crippen LogP contribution in [0.25, 0.3) is 0 Å². The third-order valence-corrected chi connectivity index (χ3v) is 5.00. The monoisotopic (exact) mass is 338 g/mol. The summed E-state index contributed by atoms with van der Waals surface area (Å²) in [6.07, 6.45) is 3.17. The number of aryl methyl sites for hydroxylation is 2. The van der Waals surface area contributed by atoms with Gasteiger partial charge in [-0.15, -0.1) is 0 Å². The van der Waals surface area contributed by atoms with Crippen LogP contribution in [0.15, 0.2) is 36.4 Å². The number of aromatic nitrogens is 2. The molecule has 0 radical (unpaired) electrons. The fourth-order valence-electron chi connectivity index (χ4n) is 3.56. The molecule has 0 spiro atoms. The average Bonchev–Trinajstić information content (AvgIpc) is 3.03. The second-order valence-electron chi connectivity index (χ2n) is 6.88. The molecule has 1 N–H and O–H groups in total. The van der Waals surface area contributed by atoms with Crippen molar-refractivity contribution in [2.24, 2.45) is 0 Å². The molecular formula is C20H26N4O. The van der Waals surface area contributed by atoms with Gasteiger partial charge in [-0.3, -0.25) is 4.79 Å². The van der Waals surface area contributed by atoms with Crippen molar-refractivity contribution in [3.8, 4) is 0 Å². The SMILES string of the molecule is CNc1cc(C)nc([C@@]2(C)CCCN2C(=O)CCc2ccccc2)n1. The number of carbonyl (C=O) groups is 1. The Bertz CT molecular complexity index is 747. The molecule has 0 bridgehead atoms. The lowest BCUT2D eigenvalue weighted by molar-refractivity contribution is -0.135. The van der Waals surface area contributed by atoms with Crippen molar-refractivity contribution >= 4 is 11.7 Å². The number of hydrogen-bond donors (Lipinski definition) is 1.